The highest BCUT2D eigenvalue weighted by Crippen LogP contribution is 2.13. The van der Waals surface area contributed by atoms with Crippen LogP contribution < -0.4 is 10.6 Å². The highest BCUT2D eigenvalue weighted by Gasteiger charge is 2.09. The van der Waals surface area contributed by atoms with Crippen LogP contribution in [0.4, 0.5) is 11.6 Å². The minimum atomic E-state index is 0.482. The summed E-state index contributed by atoms with van der Waals surface area (Å²) >= 11 is 0. The van der Waals surface area contributed by atoms with Gasteiger partial charge in [0.05, 0.1) is 12.4 Å². The number of anilines is 2. The Bertz CT molecular complexity index is 300. The Kier molecular flexibility index (Phi) is 4.34. The molecule has 0 aliphatic carbocycles. The van der Waals surface area contributed by atoms with Crippen LogP contribution in [-0.2, 0) is 0 Å². The Balaban J connectivity index is 2.73. The molecule has 0 aliphatic heterocycles. The van der Waals surface area contributed by atoms with E-state index in [1.165, 1.54) is 6.42 Å². The molecule has 0 radical (unpaired) electrons. The van der Waals surface area contributed by atoms with Gasteiger partial charge in [-0.3, -0.25) is 4.98 Å². The maximum Gasteiger partial charge on any atom is 0.149 e. The molecule has 84 valence electrons. The van der Waals surface area contributed by atoms with E-state index in [2.05, 4.69) is 35.6 Å². The third-order valence-corrected chi connectivity index (χ3v) is 2.58. The van der Waals surface area contributed by atoms with E-state index in [1.807, 2.05) is 0 Å². The zero-order chi connectivity index (χ0) is 11.3. The fraction of sp³-hybridized carbons (Fsp3) is 0.636. The molecule has 0 saturated heterocycles. The van der Waals surface area contributed by atoms with Gasteiger partial charge in [-0.2, -0.15) is 0 Å². The van der Waals surface area contributed by atoms with Gasteiger partial charge >= 0.3 is 0 Å². The number of nitrogens with two attached hydrogens (primary N) is 1. The molecule has 0 saturated carbocycles. The van der Waals surface area contributed by atoms with Gasteiger partial charge in [0.1, 0.15) is 11.6 Å². The van der Waals surface area contributed by atoms with E-state index in [9.17, 15) is 0 Å². The van der Waals surface area contributed by atoms with Crippen LogP contribution in [0.3, 0.4) is 0 Å². The van der Waals surface area contributed by atoms with Crippen molar-refractivity contribution in [2.75, 3.05) is 23.7 Å². The summed E-state index contributed by atoms with van der Waals surface area (Å²) in [7, 11) is 0. The van der Waals surface area contributed by atoms with Gasteiger partial charge in [0.25, 0.3) is 0 Å². The standard InChI is InChI=1S/C11H20N4/c1-4-9(3)8-15(5-2)11-7-13-6-10(12)14-11/h6-7,9H,4-5,8H2,1-3H3,(H2,12,14). The molecule has 0 bridgehead atoms. The van der Waals surface area contributed by atoms with Crippen LogP contribution in [0.1, 0.15) is 27.2 Å². The Morgan fingerprint density at radius 3 is 2.67 bits per heavy atom. The first-order chi connectivity index (χ1) is 7.17. The summed E-state index contributed by atoms with van der Waals surface area (Å²) in [5.41, 5.74) is 5.61. The normalized spacial score (nSPS) is 12.5. The first-order valence-electron chi connectivity index (χ1n) is 5.49. The molecule has 15 heavy (non-hydrogen) atoms. The lowest BCUT2D eigenvalue weighted by Crippen LogP contribution is -2.29. The predicted octanol–water partition coefficient (Wildman–Crippen LogP) is 1.93. The quantitative estimate of drug-likeness (QED) is 0.803. The molecule has 1 rings (SSSR count). The molecule has 1 aromatic rings. The van der Waals surface area contributed by atoms with Crippen molar-refractivity contribution in [2.45, 2.75) is 27.2 Å². The highest BCUT2D eigenvalue weighted by molar-refractivity contribution is 5.41. The van der Waals surface area contributed by atoms with E-state index in [0.717, 1.165) is 18.9 Å². The van der Waals surface area contributed by atoms with Crippen LogP contribution in [-0.4, -0.2) is 23.1 Å². The van der Waals surface area contributed by atoms with Crippen LogP contribution in [0, 0.1) is 5.92 Å². The number of nitrogen functional groups attached to an aromatic ring is 1. The van der Waals surface area contributed by atoms with Crippen molar-refractivity contribution >= 4 is 11.6 Å². The van der Waals surface area contributed by atoms with Gasteiger partial charge in [0, 0.05) is 13.1 Å². The van der Waals surface area contributed by atoms with E-state index >= 15 is 0 Å². The lowest BCUT2D eigenvalue weighted by molar-refractivity contribution is 0.545. The zero-order valence-electron chi connectivity index (χ0n) is 9.77. The van der Waals surface area contributed by atoms with E-state index in [0.29, 0.717) is 11.7 Å². The summed E-state index contributed by atoms with van der Waals surface area (Å²) in [6.45, 7) is 8.49. The minimum Gasteiger partial charge on any atom is -0.382 e. The van der Waals surface area contributed by atoms with Gasteiger partial charge in [0.2, 0.25) is 0 Å². The first-order valence-corrected chi connectivity index (χ1v) is 5.49. The molecule has 1 heterocycles. The monoisotopic (exact) mass is 208 g/mol. The van der Waals surface area contributed by atoms with Gasteiger partial charge in [-0.05, 0) is 12.8 Å². The van der Waals surface area contributed by atoms with E-state index < -0.39 is 0 Å². The third kappa shape index (κ3) is 3.38. The zero-order valence-corrected chi connectivity index (χ0v) is 9.77. The van der Waals surface area contributed by atoms with Crippen molar-refractivity contribution in [2.24, 2.45) is 5.92 Å². The molecule has 1 atom stereocenters. The number of hydrogen-bond donors (Lipinski definition) is 1. The molecule has 0 fully saturated rings. The van der Waals surface area contributed by atoms with Crippen LogP contribution >= 0.6 is 0 Å². The van der Waals surface area contributed by atoms with Crippen LogP contribution in [0.25, 0.3) is 0 Å². The molecule has 0 amide bonds. The second-order valence-corrected chi connectivity index (χ2v) is 3.85. The van der Waals surface area contributed by atoms with Gasteiger partial charge in [-0.1, -0.05) is 20.3 Å². The van der Waals surface area contributed by atoms with E-state index in [4.69, 9.17) is 5.73 Å². The van der Waals surface area contributed by atoms with Crippen molar-refractivity contribution in [3.63, 3.8) is 0 Å². The predicted molar refractivity (Wildman–Crippen MR) is 63.8 cm³/mol. The van der Waals surface area contributed by atoms with Gasteiger partial charge in [0.15, 0.2) is 0 Å². The third-order valence-electron chi connectivity index (χ3n) is 2.58. The van der Waals surface area contributed by atoms with Gasteiger partial charge in [-0.25, -0.2) is 4.98 Å². The first kappa shape index (κ1) is 11.8. The molecule has 1 unspecified atom stereocenters. The van der Waals surface area contributed by atoms with Crippen LogP contribution in [0.15, 0.2) is 12.4 Å². The maximum atomic E-state index is 5.61. The molecule has 0 spiro atoms. The van der Waals surface area contributed by atoms with Crippen molar-refractivity contribution in [3.8, 4) is 0 Å². The molecule has 2 N–H and O–H groups in total. The summed E-state index contributed by atoms with van der Waals surface area (Å²) in [5, 5.41) is 0. The lowest BCUT2D eigenvalue weighted by Gasteiger charge is -2.24. The molecule has 1 aromatic heterocycles. The van der Waals surface area contributed by atoms with Gasteiger partial charge < -0.3 is 10.6 Å². The fourth-order valence-corrected chi connectivity index (χ4v) is 1.41. The van der Waals surface area contributed by atoms with Crippen molar-refractivity contribution < 1.29 is 0 Å². The van der Waals surface area contributed by atoms with E-state index in [-0.39, 0.29) is 0 Å². The maximum absolute atomic E-state index is 5.61. The minimum absolute atomic E-state index is 0.482. The molecule has 4 heteroatoms. The second-order valence-electron chi connectivity index (χ2n) is 3.85. The summed E-state index contributed by atoms with van der Waals surface area (Å²) in [4.78, 5) is 10.5. The molecular formula is C11H20N4. The van der Waals surface area contributed by atoms with Crippen LogP contribution in [0.5, 0.6) is 0 Å². The second kappa shape index (κ2) is 5.53. The summed E-state index contributed by atoms with van der Waals surface area (Å²) in [5.74, 6) is 2.01. The fourth-order valence-electron chi connectivity index (χ4n) is 1.41. The topological polar surface area (TPSA) is 55.0 Å². The molecule has 0 aromatic carbocycles. The van der Waals surface area contributed by atoms with Gasteiger partial charge in [-0.15, -0.1) is 0 Å². The summed E-state index contributed by atoms with van der Waals surface area (Å²) < 4.78 is 0. The summed E-state index contributed by atoms with van der Waals surface area (Å²) in [6, 6.07) is 0. The smallest absolute Gasteiger partial charge is 0.149 e. The van der Waals surface area contributed by atoms with Crippen molar-refractivity contribution in [1.29, 1.82) is 0 Å². The van der Waals surface area contributed by atoms with Crippen molar-refractivity contribution in [3.05, 3.63) is 12.4 Å². The number of nitrogens with zero attached hydrogens (tertiary/aromatic N) is 3. The Hall–Kier alpha value is -1.32. The molecule has 4 nitrogen and oxygen atoms in total. The Labute approximate surface area is 91.5 Å². The average molecular weight is 208 g/mol. The number of aromatic nitrogens is 2. The van der Waals surface area contributed by atoms with Crippen LogP contribution in [0.2, 0.25) is 0 Å². The number of rotatable bonds is 5. The number of hydrogen-bond acceptors (Lipinski definition) is 4. The largest absolute Gasteiger partial charge is 0.382 e. The van der Waals surface area contributed by atoms with E-state index in [1.54, 1.807) is 12.4 Å². The SMILES string of the molecule is CCC(C)CN(CC)c1cncc(N)n1. The molecular weight excluding hydrogens is 188 g/mol. The molecule has 0 aliphatic rings. The highest BCUT2D eigenvalue weighted by atomic mass is 15.2. The Morgan fingerprint density at radius 2 is 2.13 bits per heavy atom. The summed E-state index contributed by atoms with van der Waals surface area (Å²) in [6.07, 6.45) is 4.51. The van der Waals surface area contributed by atoms with Crippen molar-refractivity contribution in [1.82, 2.24) is 9.97 Å². The lowest BCUT2D eigenvalue weighted by atomic mass is 10.1. The average Bonchev–Trinajstić information content (AvgIpc) is 2.25. The Morgan fingerprint density at radius 1 is 1.40 bits per heavy atom.